The molecule has 3 rings (SSSR count). The average Bonchev–Trinajstić information content (AvgIpc) is 2.75. The molecule has 0 aliphatic heterocycles. The molecule has 0 saturated heterocycles. The summed E-state index contributed by atoms with van der Waals surface area (Å²) in [6.45, 7) is 1.48. The van der Waals surface area contributed by atoms with E-state index >= 15 is 0 Å². The summed E-state index contributed by atoms with van der Waals surface area (Å²) in [6, 6.07) is 10.4. The summed E-state index contributed by atoms with van der Waals surface area (Å²) in [4.78, 5) is 21.3. The van der Waals surface area contributed by atoms with Crippen LogP contribution in [0.2, 0.25) is 5.15 Å². The molecule has 3 aromatic rings. The van der Waals surface area contributed by atoms with Crippen molar-refractivity contribution in [2.24, 2.45) is 4.99 Å². The first kappa shape index (κ1) is 22.8. The Bertz CT molecular complexity index is 1130. The standard InChI is InChI=1S/C21H14ClF4N3OS/c1-11(21(30)29-19-17(25)13(23)9-14(24)18(19)26)31-16-7-3-2-6-15(16)28-10-12-5-4-8-27-20(12)22/h2-11H,1H3,(H,29,30)/t11-/m0/s1. The monoisotopic (exact) mass is 467 g/mol. The van der Waals surface area contributed by atoms with Crippen molar-refractivity contribution in [1.29, 1.82) is 0 Å². The molecule has 160 valence electrons. The van der Waals surface area contributed by atoms with Crippen molar-refractivity contribution in [3.63, 3.8) is 0 Å². The van der Waals surface area contributed by atoms with Gasteiger partial charge in [-0.3, -0.25) is 9.79 Å². The molecule has 1 heterocycles. The van der Waals surface area contributed by atoms with Crippen molar-refractivity contribution in [2.45, 2.75) is 17.1 Å². The van der Waals surface area contributed by atoms with Crippen LogP contribution < -0.4 is 5.32 Å². The van der Waals surface area contributed by atoms with Crippen molar-refractivity contribution in [2.75, 3.05) is 5.32 Å². The van der Waals surface area contributed by atoms with Gasteiger partial charge >= 0.3 is 0 Å². The topological polar surface area (TPSA) is 54.4 Å². The van der Waals surface area contributed by atoms with E-state index in [1.54, 1.807) is 42.6 Å². The molecule has 1 N–H and O–H groups in total. The lowest BCUT2D eigenvalue weighted by atomic mass is 10.2. The van der Waals surface area contributed by atoms with Crippen molar-refractivity contribution in [3.05, 3.63) is 82.6 Å². The number of hydrogen-bond donors (Lipinski definition) is 1. The molecule has 0 unspecified atom stereocenters. The van der Waals surface area contributed by atoms with Crippen LogP contribution in [-0.2, 0) is 4.79 Å². The number of thioether (sulfide) groups is 1. The summed E-state index contributed by atoms with van der Waals surface area (Å²) in [6.07, 6.45) is 3.06. The second kappa shape index (κ2) is 9.93. The highest BCUT2D eigenvalue weighted by Crippen LogP contribution is 2.33. The first-order valence-corrected chi connectivity index (χ1v) is 10.1. The minimum atomic E-state index is -1.68. The molecule has 10 heteroatoms. The molecule has 0 bridgehead atoms. The van der Waals surface area contributed by atoms with Gasteiger partial charge in [-0.05, 0) is 31.2 Å². The van der Waals surface area contributed by atoms with E-state index in [9.17, 15) is 22.4 Å². The fourth-order valence-electron chi connectivity index (χ4n) is 2.45. The summed E-state index contributed by atoms with van der Waals surface area (Å²) < 4.78 is 54.3. The van der Waals surface area contributed by atoms with Crippen LogP contribution in [-0.4, -0.2) is 22.4 Å². The van der Waals surface area contributed by atoms with Gasteiger partial charge in [-0.25, -0.2) is 22.5 Å². The minimum Gasteiger partial charge on any atom is -0.320 e. The quantitative estimate of drug-likeness (QED) is 0.155. The third-order valence-electron chi connectivity index (χ3n) is 4.03. The third-order valence-corrected chi connectivity index (χ3v) is 5.51. The lowest BCUT2D eigenvalue weighted by Gasteiger charge is -2.14. The number of nitrogens with zero attached hydrogens (tertiary/aromatic N) is 2. The van der Waals surface area contributed by atoms with Gasteiger partial charge in [0.2, 0.25) is 5.91 Å². The van der Waals surface area contributed by atoms with E-state index in [0.717, 1.165) is 11.8 Å². The van der Waals surface area contributed by atoms with Crippen molar-refractivity contribution >= 4 is 46.9 Å². The van der Waals surface area contributed by atoms with Gasteiger partial charge in [0, 0.05) is 28.9 Å². The molecule has 1 amide bonds. The lowest BCUT2D eigenvalue weighted by molar-refractivity contribution is -0.115. The number of para-hydroxylation sites is 1. The van der Waals surface area contributed by atoms with Gasteiger partial charge in [-0.15, -0.1) is 11.8 Å². The smallest absolute Gasteiger partial charge is 0.237 e. The van der Waals surface area contributed by atoms with E-state index in [4.69, 9.17) is 11.6 Å². The fraction of sp³-hybridized carbons (Fsp3) is 0.0952. The van der Waals surface area contributed by atoms with Crippen LogP contribution in [0.25, 0.3) is 0 Å². The van der Waals surface area contributed by atoms with E-state index in [2.05, 4.69) is 9.98 Å². The number of anilines is 1. The second-order valence-electron chi connectivity index (χ2n) is 6.20. The van der Waals surface area contributed by atoms with E-state index < -0.39 is 40.1 Å². The van der Waals surface area contributed by atoms with E-state index in [1.165, 1.54) is 13.1 Å². The van der Waals surface area contributed by atoms with Crippen LogP contribution >= 0.6 is 23.4 Å². The molecule has 0 fully saturated rings. The van der Waals surface area contributed by atoms with Crippen LogP contribution in [0.1, 0.15) is 12.5 Å². The minimum absolute atomic E-state index is 0.0707. The number of pyridine rings is 1. The first-order valence-electron chi connectivity index (χ1n) is 8.82. The predicted molar refractivity (Wildman–Crippen MR) is 113 cm³/mol. The zero-order valence-corrected chi connectivity index (χ0v) is 17.4. The highest BCUT2D eigenvalue weighted by molar-refractivity contribution is 8.00. The highest BCUT2D eigenvalue weighted by atomic mass is 35.5. The molecule has 4 nitrogen and oxygen atoms in total. The maximum absolute atomic E-state index is 13.8. The number of halogens is 5. The summed E-state index contributed by atoms with van der Waals surface area (Å²) in [5.41, 5.74) is -0.0671. The van der Waals surface area contributed by atoms with Gasteiger partial charge in [0.05, 0.1) is 10.9 Å². The first-order chi connectivity index (χ1) is 14.8. The summed E-state index contributed by atoms with van der Waals surface area (Å²) in [5.74, 6) is -7.42. The molecule has 1 aromatic heterocycles. The molecule has 0 saturated carbocycles. The number of rotatable bonds is 6. The summed E-state index contributed by atoms with van der Waals surface area (Å²) in [7, 11) is 0. The number of benzene rings is 2. The number of hydrogen-bond acceptors (Lipinski definition) is 4. The molecule has 0 spiro atoms. The summed E-state index contributed by atoms with van der Waals surface area (Å²) >= 11 is 7.06. The zero-order chi connectivity index (χ0) is 22.5. The van der Waals surface area contributed by atoms with Gasteiger partial charge in [0.25, 0.3) is 0 Å². The number of carbonyl (C=O) groups excluding carboxylic acids is 1. The number of nitrogens with one attached hydrogen (secondary N) is 1. The Hall–Kier alpha value is -2.91. The second-order valence-corrected chi connectivity index (χ2v) is 7.94. The Morgan fingerprint density at radius 3 is 2.48 bits per heavy atom. The number of aromatic nitrogens is 1. The molecular weight excluding hydrogens is 454 g/mol. The molecule has 31 heavy (non-hydrogen) atoms. The van der Waals surface area contributed by atoms with Crippen molar-refractivity contribution < 1.29 is 22.4 Å². The lowest BCUT2D eigenvalue weighted by Crippen LogP contribution is -2.24. The van der Waals surface area contributed by atoms with Gasteiger partial charge in [-0.2, -0.15) is 0 Å². The zero-order valence-electron chi connectivity index (χ0n) is 15.9. The highest BCUT2D eigenvalue weighted by Gasteiger charge is 2.24. The van der Waals surface area contributed by atoms with Crippen molar-refractivity contribution in [3.8, 4) is 0 Å². The molecule has 0 aliphatic carbocycles. The maximum atomic E-state index is 13.8. The van der Waals surface area contributed by atoms with Gasteiger partial charge in [0.1, 0.15) is 10.8 Å². The van der Waals surface area contributed by atoms with Gasteiger partial charge in [-0.1, -0.05) is 23.7 Å². The largest absolute Gasteiger partial charge is 0.320 e. The molecule has 2 aromatic carbocycles. The molecule has 0 radical (unpaired) electrons. The van der Waals surface area contributed by atoms with Gasteiger partial charge < -0.3 is 5.32 Å². The van der Waals surface area contributed by atoms with E-state index in [-0.39, 0.29) is 11.2 Å². The van der Waals surface area contributed by atoms with Crippen LogP contribution in [0.5, 0.6) is 0 Å². The number of carbonyl (C=O) groups is 1. The average molecular weight is 468 g/mol. The van der Waals surface area contributed by atoms with E-state index in [0.29, 0.717) is 16.1 Å². The van der Waals surface area contributed by atoms with Crippen LogP contribution in [0.15, 0.2) is 58.5 Å². The molecule has 0 aliphatic rings. The predicted octanol–water partition coefficient (Wildman–Crippen LogP) is 6.16. The normalized spacial score (nSPS) is 12.2. The third kappa shape index (κ3) is 5.42. The van der Waals surface area contributed by atoms with E-state index in [1.807, 2.05) is 5.32 Å². The van der Waals surface area contributed by atoms with Crippen molar-refractivity contribution in [1.82, 2.24) is 4.98 Å². The Kier molecular flexibility index (Phi) is 7.29. The number of amides is 1. The van der Waals surface area contributed by atoms with Gasteiger partial charge in [0.15, 0.2) is 23.3 Å². The Labute approximate surface area is 184 Å². The van der Waals surface area contributed by atoms with Crippen LogP contribution in [0.4, 0.5) is 28.9 Å². The maximum Gasteiger partial charge on any atom is 0.237 e. The Morgan fingerprint density at radius 2 is 1.81 bits per heavy atom. The summed E-state index contributed by atoms with van der Waals surface area (Å²) in [5, 5.41) is 1.31. The Balaban J connectivity index is 1.78. The fourth-order valence-corrected chi connectivity index (χ4v) is 3.56. The number of aliphatic imine (C=N–C) groups is 1. The molecule has 1 atom stereocenters. The molecular formula is C21H14ClF4N3OS. The van der Waals surface area contributed by atoms with Crippen LogP contribution in [0, 0.1) is 23.3 Å². The van der Waals surface area contributed by atoms with Crippen LogP contribution in [0.3, 0.4) is 0 Å². The Morgan fingerprint density at radius 1 is 1.13 bits per heavy atom. The SMILES string of the molecule is C[C@H](Sc1ccccc1N=Cc1cccnc1Cl)C(=O)Nc1c(F)c(F)cc(F)c1F.